The summed E-state index contributed by atoms with van der Waals surface area (Å²) >= 11 is 0. The molecule has 5 nitrogen and oxygen atoms in total. The number of halogens is 1. The molecule has 0 N–H and O–H groups in total. The van der Waals surface area contributed by atoms with E-state index in [9.17, 15) is 0 Å². The molecule has 1 aromatic heterocycles. The highest BCUT2D eigenvalue weighted by Crippen LogP contribution is 2.28. The fraction of sp³-hybridized carbons (Fsp3) is 0.318. The van der Waals surface area contributed by atoms with Gasteiger partial charge in [-0.25, -0.2) is 4.98 Å². The predicted octanol–water partition coefficient (Wildman–Crippen LogP) is 4.58. The number of ether oxygens (including phenoxy) is 3. The van der Waals surface area contributed by atoms with Gasteiger partial charge in [-0.05, 0) is 54.7 Å². The minimum Gasteiger partial charge on any atom is -0.497 e. The fourth-order valence-electron chi connectivity index (χ4n) is 2.92. The van der Waals surface area contributed by atoms with E-state index in [1.165, 1.54) is 11.1 Å². The number of hydrogen-bond acceptors (Lipinski definition) is 4. The SMILES string of the molecule is COc1ccc(CCCOc2cc(CCn3ccnc3)ccc2OC)cc1.Cl. The minimum absolute atomic E-state index is 0. The molecule has 0 atom stereocenters. The predicted molar refractivity (Wildman–Crippen MR) is 113 cm³/mol. The van der Waals surface area contributed by atoms with E-state index in [1.54, 1.807) is 20.4 Å². The van der Waals surface area contributed by atoms with E-state index >= 15 is 0 Å². The zero-order chi connectivity index (χ0) is 18.9. The van der Waals surface area contributed by atoms with Gasteiger partial charge in [-0.15, -0.1) is 12.4 Å². The van der Waals surface area contributed by atoms with Crippen molar-refractivity contribution in [3.8, 4) is 17.2 Å². The van der Waals surface area contributed by atoms with Crippen LogP contribution in [0.2, 0.25) is 0 Å². The summed E-state index contributed by atoms with van der Waals surface area (Å²) in [6.45, 7) is 1.54. The topological polar surface area (TPSA) is 45.5 Å². The number of methoxy groups -OCH3 is 2. The Morgan fingerprint density at radius 3 is 2.36 bits per heavy atom. The maximum absolute atomic E-state index is 6.00. The minimum atomic E-state index is 0. The lowest BCUT2D eigenvalue weighted by Gasteiger charge is -2.13. The van der Waals surface area contributed by atoms with Gasteiger partial charge in [-0.2, -0.15) is 0 Å². The first-order chi connectivity index (χ1) is 13.3. The highest BCUT2D eigenvalue weighted by molar-refractivity contribution is 5.85. The van der Waals surface area contributed by atoms with Gasteiger partial charge in [0.25, 0.3) is 0 Å². The van der Waals surface area contributed by atoms with Crippen molar-refractivity contribution in [3.63, 3.8) is 0 Å². The van der Waals surface area contributed by atoms with Gasteiger partial charge < -0.3 is 18.8 Å². The van der Waals surface area contributed by atoms with Crippen molar-refractivity contribution in [2.24, 2.45) is 0 Å². The Kier molecular flexibility index (Phi) is 8.69. The summed E-state index contributed by atoms with van der Waals surface area (Å²) in [5, 5.41) is 0. The molecule has 3 rings (SSSR count). The van der Waals surface area contributed by atoms with E-state index in [0.29, 0.717) is 6.61 Å². The molecule has 0 radical (unpaired) electrons. The van der Waals surface area contributed by atoms with Gasteiger partial charge in [0.2, 0.25) is 0 Å². The maximum atomic E-state index is 6.00. The largest absolute Gasteiger partial charge is 0.497 e. The molecule has 0 unspecified atom stereocenters. The maximum Gasteiger partial charge on any atom is 0.161 e. The Labute approximate surface area is 172 Å². The molecule has 0 aliphatic heterocycles. The summed E-state index contributed by atoms with van der Waals surface area (Å²) in [7, 11) is 3.35. The monoisotopic (exact) mass is 402 g/mol. The third-order valence-corrected chi connectivity index (χ3v) is 4.47. The standard InChI is InChI=1S/C22H26N2O3.ClH/c1-25-20-8-5-18(6-9-20)4-3-15-27-22-16-19(7-10-21(22)26-2)11-13-24-14-12-23-17-24;/h5-10,12,14,16-17H,3-4,11,13,15H2,1-2H3;1H. The van der Waals surface area contributed by atoms with Gasteiger partial charge >= 0.3 is 0 Å². The van der Waals surface area contributed by atoms with Crippen LogP contribution in [0.1, 0.15) is 17.5 Å². The summed E-state index contributed by atoms with van der Waals surface area (Å²) in [4.78, 5) is 4.08. The Balaban J connectivity index is 0.00000280. The smallest absolute Gasteiger partial charge is 0.161 e. The van der Waals surface area contributed by atoms with Crippen LogP contribution in [0.4, 0.5) is 0 Å². The zero-order valence-corrected chi connectivity index (χ0v) is 17.2. The van der Waals surface area contributed by atoms with Crippen molar-refractivity contribution < 1.29 is 14.2 Å². The number of benzene rings is 2. The first kappa shape index (κ1) is 21.6. The molecule has 150 valence electrons. The van der Waals surface area contributed by atoms with Crippen LogP contribution in [-0.2, 0) is 19.4 Å². The Hall–Kier alpha value is -2.66. The molecular weight excluding hydrogens is 376 g/mol. The van der Waals surface area contributed by atoms with Gasteiger partial charge in [-0.1, -0.05) is 18.2 Å². The van der Waals surface area contributed by atoms with Gasteiger partial charge in [-0.3, -0.25) is 0 Å². The highest BCUT2D eigenvalue weighted by atomic mass is 35.5. The summed E-state index contributed by atoms with van der Waals surface area (Å²) in [6.07, 6.45) is 8.43. The van der Waals surface area contributed by atoms with Crippen LogP contribution in [-0.4, -0.2) is 30.4 Å². The van der Waals surface area contributed by atoms with Gasteiger partial charge in [0.1, 0.15) is 5.75 Å². The first-order valence-corrected chi connectivity index (χ1v) is 9.17. The lowest BCUT2D eigenvalue weighted by molar-refractivity contribution is 0.289. The number of aryl methyl sites for hydroxylation is 3. The number of aromatic nitrogens is 2. The van der Waals surface area contributed by atoms with Crippen molar-refractivity contribution in [2.75, 3.05) is 20.8 Å². The van der Waals surface area contributed by atoms with Gasteiger partial charge in [0, 0.05) is 18.9 Å². The van der Waals surface area contributed by atoms with E-state index in [4.69, 9.17) is 14.2 Å². The summed E-state index contributed by atoms with van der Waals surface area (Å²) < 4.78 is 18.7. The van der Waals surface area contributed by atoms with Crippen LogP contribution in [0.15, 0.2) is 61.2 Å². The molecule has 0 saturated heterocycles. The van der Waals surface area contributed by atoms with Crippen LogP contribution in [0, 0.1) is 0 Å². The number of imidazole rings is 1. The molecule has 6 heteroatoms. The van der Waals surface area contributed by atoms with Crippen molar-refractivity contribution >= 4 is 12.4 Å². The number of rotatable bonds is 10. The van der Waals surface area contributed by atoms with Crippen molar-refractivity contribution in [1.29, 1.82) is 0 Å². The first-order valence-electron chi connectivity index (χ1n) is 9.17. The number of hydrogen-bond donors (Lipinski definition) is 0. The quantitative estimate of drug-likeness (QED) is 0.466. The van der Waals surface area contributed by atoms with Crippen molar-refractivity contribution in [3.05, 3.63) is 72.3 Å². The van der Waals surface area contributed by atoms with Crippen molar-refractivity contribution in [2.45, 2.75) is 25.8 Å². The molecule has 0 amide bonds. The van der Waals surface area contributed by atoms with Crippen LogP contribution < -0.4 is 14.2 Å². The van der Waals surface area contributed by atoms with Crippen LogP contribution in [0.5, 0.6) is 17.2 Å². The molecule has 0 spiro atoms. The molecule has 0 saturated carbocycles. The van der Waals surface area contributed by atoms with Crippen LogP contribution in [0.25, 0.3) is 0 Å². The summed E-state index contributed by atoms with van der Waals surface area (Å²) in [5.41, 5.74) is 2.50. The average Bonchev–Trinajstić information content (AvgIpc) is 3.24. The number of nitrogens with zero attached hydrogens (tertiary/aromatic N) is 2. The molecule has 0 aliphatic carbocycles. The van der Waals surface area contributed by atoms with E-state index in [-0.39, 0.29) is 12.4 Å². The average molecular weight is 403 g/mol. The summed E-state index contributed by atoms with van der Waals surface area (Å²) in [6, 6.07) is 14.3. The lowest BCUT2D eigenvalue weighted by Crippen LogP contribution is -2.03. The lowest BCUT2D eigenvalue weighted by atomic mass is 10.1. The molecule has 2 aromatic carbocycles. The van der Waals surface area contributed by atoms with E-state index < -0.39 is 0 Å². The zero-order valence-electron chi connectivity index (χ0n) is 16.3. The van der Waals surface area contributed by atoms with E-state index in [1.807, 2.05) is 30.7 Å². The second kappa shape index (κ2) is 11.2. The Bertz CT molecular complexity index is 820. The molecular formula is C22H27ClN2O3. The molecule has 3 aromatic rings. The van der Waals surface area contributed by atoms with Crippen molar-refractivity contribution in [1.82, 2.24) is 9.55 Å². The second-order valence-electron chi connectivity index (χ2n) is 6.34. The van der Waals surface area contributed by atoms with Crippen LogP contribution >= 0.6 is 12.4 Å². The van der Waals surface area contributed by atoms with E-state index in [2.05, 4.69) is 33.8 Å². The molecule has 0 aliphatic rings. The molecule has 28 heavy (non-hydrogen) atoms. The third-order valence-electron chi connectivity index (χ3n) is 4.47. The normalized spacial score (nSPS) is 10.2. The summed E-state index contributed by atoms with van der Waals surface area (Å²) in [5.74, 6) is 2.45. The third kappa shape index (κ3) is 6.20. The molecule has 0 bridgehead atoms. The fourth-order valence-corrected chi connectivity index (χ4v) is 2.92. The van der Waals surface area contributed by atoms with Crippen LogP contribution in [0.3, 0.4) is 0 Å². The Morgan fingerprint density at radius 1 is 0.893 bits per heavy atom. The van der Waals surface area contributed by atoms with Gasteiger partial charge in [0.15, 0.2) is 11.5 Å². The molecule has 1 heterocycles. The second-order valence-corrected chi connectivity index (χ2v) is 6.34. The van der Waals surface area contributed by atoms with E-state index in [0.717, 1.165) is 43.1 Å². The van der Waals surface area contributed by atoms with Gasteiger partial charge in [0.05, 0.1) is 27.2 Å². The Morgan fingerprint density at radius 2 is 1.68 bits per heavy atom. The highest BCUT2D eigenvalue weighted by Gasteiger charge is 2.06. The molecule has 0 fully saturated rings.